The lowest BCUT2D eigenvalue weighted by Gasteiger charge is -2.45. The van der Waals surface area contributed by atoms with Gasteiger partial charge in [-0.3, -0.25) is 14.7 Å². The van der Waals surface area contributed by atoms with Crippen LogP contribution in [0.25, 0.3) is 16.6 Å². The molecule has 2 aliphatic heterocycles. The molecule has 206 valence electrons. The van der Waals surface area contributed by atoms with Gasteiger partial charge in [0.15, 0.2) is 5.82 Å². The second-order valence-electron chi connectivity index (χ2n) is 10.5. The summed E-state index contributed by atoms with van der Waals surface area (Å²) in [5, 5.41) is 17.3. The van der Waals surface area contributed by atoms with Crippen molar-refractivity contribution in [2.75, 3.05) is 31.8 Å². The van der Waals surface area contributed by atoms with Crippen LogP contribution in [0.1, 0.15) is 30.3 Å². The summed E-state index contributed by atoms with van der Waals surface area (Å²) in [6.07, 6.45) is 3.20. The first-order chi connectivity index (χ1) is 20.2. The maximum atomic E-state index is 13.3. The predicted octanol–water partition coefficient (Wildman–Crippen LogP) is 3.74. The van der Waals surface area contributed by atoms with E-state index in [2.05, 4.69) is 59.9 Å². The Morgan fingerprint density at radius 1 is 0.902 bits per heavy atom. The van der Waals surface area contributed by atoms with Crippen molar-refractivity contribution in [3.63, 3.8) is 0 Å². The van der Waals surface area contributed by atoms with E-state index in [4.69, 9.17) is 4.74 Å². The van der Waals surface area contributed by atoms with E-state index < -0.39 is 5.54 Å². The number of anilines is 1. The molecule has 1 amide bonds. The third kappa shape index (κ3) is 4.27. The van der Waals surface area contributed by atoms with E-state index in [0.717, 1.165) is 33.6 Å². The Balaban J connectivity index is 1.29. The standard InChI is InChI=1S/C31H30N8O2/c1-41-24-13-11-23(12-14-24)39-29(34-35-36-39)28(26-15-18-32-27-10-6-5-9-25(26)27)37-19-16-31(17-20-37)30(40)33-21-38(31)22-7-3-2-4-8-22/h2-15,18,28H,16-17,19-21H2,1H3,(H,33,40). The SMILES string of the molecule is COc1ccc(-n2nnnc2C(c2ccnc3ccccc23)N2CCC3(CC2)C(=O)NCN3c2ccccc2)cc1. The zero-order chi connectivity index (χ0) is 27.8. The van der Waals surface area contributed by atoms with Crippen LogP contribution in [0.2, 0.25) is 0 Å². The van der Waals surface area contributed by atoms with Crippen LogP contribution >= 0.6 is 0 Å². The molecule has 2 saturated heterocycles. The molecule has 2 aliphatic rings. The molecule has 0 aliphatic carbocycles. The Kier molecular flexibility index (Phi) is 6.31. The molecule has 0 bridgehead atoms. The maximum Gasteiger partial charge on any atom is 0.247 e. The van der Waals surface area contributed by atoms with Gasteiger partial charge in [0.1, 0.15) is 11.3 Å². The molecule has 3 aromatic carbocycles. The van der Waals surface area contributed by atoms with Crippen LogP contribution in [0, 0.1) is 0 Å². The van der Waals surface area contributed by atoms with Crippen molar-refractivity contribution in [3.05, 3.63) is 103 Å². The predicted molar refractivity (Wildman–Crippen MR) is 155 cm³/mol. The van der Waals surface area contributed by atoms with Crippen molar-refractivity contribution >= 4 is 22.5 Å². The van der Waals surface area contributed by atoms with Crippen LogP contribution in [0.5, 0.6) is 5.75 Å². The number of likely N-dealkylation sites (tertiary alicyclic amines) is 1. The number of para-hydroxylation sites is 2. The van der Waals surface area contributed by atoms with E-state index in [1.54, 1.807) is 11.8 Å². The first-order valence-corrected chi connectivity index (χ1v) is 13.8. The Morgan fingerprint density at radius 2 is 1.66 bits per heavy atom. The lowest BCUT2D eigenvalue weighted by molar-refractivity contribution is -0.125. The van der Waals surface area contributed by atoms with E-state index >= 15 is 0 Å². The zero-order valence-corrected chi connectivity index (χ0v) is 22.7. The second kappa shape index (κ2) is 10.3. The van der Waals surface area contributed by atoms with Gasteiger partial charge in [0.25, 0.3) is 0 Å². The third-order valence-corrected chi connectivity index (χ3v) is 8.43. The number of hydrogen-bond donors (Lipinski definition) is 1. The number of piperidine rings is 1. The lowest BCUT2D eigenvalue weighted by atomic mass is 9.84. The van der Waals surface area contributed by atoms with Crippen molar-refractivity contribution in [1.82, 2.24) is 35.4 Å². The quantitative estimate of drug-likeness (QED) is 0.344. The van der Waals surface area contributed by atoms with Gasteiger partial charge in [0.05, 0.1) is 31.0 Å². The van der Waals surface area contributed by atoms with Gasteiger partial charge in [-0.1, -0.05) is 36.4 Å². The molecule has 41 heavy (non-hydrogen) atoms. The monoisotopic (exact) mass is 546 g/mol. The number of aromatic nitrogens is 5. The fraction of sp³-hybridized carbons (Fsp3) is 0.258. The highest BCUT2D eigenvalue weighted by Gasteiger charge is 2.51. The number of carbonyl (C=O) groups is 1. The van der Waals surface area contributed by atoms with E-state index in [0.29, 0.717) is 38.4 Å². The number of fused-ring (bicyclic) bond motifs is 1. The highest BCUT2D eigenvalue weighted by Crippen LogP contribution is 2.40. The van der Waals surface area contributed by atoms with E-state index in [-0.39, 0.29) is 11.9 Å². The number of methoxy groups -OCH3 is 1. The molecular formula is C31H30N8O2. The number of carbonyl (C=O) groups excluding carboxylic acids is 1. The normalized spacial score (nSPS) is 17.6. The Hall–Kier alpha value is -4.83. The van der Waals surface area contributed by atoms with Gasteiger partial charge in [-0.2, -0.15) is 4.68 Å². The number of nitrogens with zero attached hydrogens (tertiary/aromatic N) is 7. The number of nitrogens with one attached hydrogen (secondary N) is 1. The van der Waals surface area contributed by atoms with Crippen LogP contribution in [0.15, 0.2) is 91.1 Å². The molecule has 1 unspecified atom stereocenters. The van der Waals surface area contributed by atoms with Crippen molar-refractivity contribution in [3.8, 4) is 11.4 Å². The largest absolute Gasteiger partial charge is 0.497 e. The smallest absolute Gasteiger partial charge is 0.247 e. The minimum atomic E-state index is -0.593. The van der Waals surface area contributed by atoms with E-state index in [9.17, 15) is 4.79 Å². The molecule has 0 saturated carbocycles. The summed E-state index contributed by atoms with van der Waals surface area (Å²) in [6, 6.07) is 27.8. The van der Waals surface area contributed by atoms with Crippen LogP contribution in [0.3, 0.4) is 0 Å². The van der Waals surface area contributed by atoms with Crippen LogP contribution in [-0.4, -0.2) is 68.4 Å². The van der Waals surface area contributed by atoms with Gasteiger partial charge < -0.3 is 15.0 Å². The summed E-state index contributed by atoms with van der Waals surface area (Å²) >= 11 is 0. The second-order valence-corrected chi connectivity index (χ2v) is 10.5. The molecule has 7 rings (SSSR count). The van der Waals surface area contributed by atoms with Crippen LogP contribution in [0.4, 0.5) is 5.69 Å². The summed E-state index contributed by atoms with van der Waals surface area (Å²) in [7, 11) is 1.65. The highest BCUT2D eigenvalue weighted by atomic mass is 16.5. The Labute approximate surface area is 237 Å². The molecule has 2 aromatic heterocycles. The molecule has 10 nitrogen and oxygen atoms in total. The topological polar surface area (TPSA) is 101 Å². The van der Waals surface area contributed by atoms with Gasteiger partial charge in [-0.05, 0) is 77.4 Å². The van der Waals surface area contributed by atoms with E-state index in [1.807, 2.05) is 66.9 Å². The number of benzene rings is 3. The Morgan fingerprint density at radius 3 is 2.44 bits per heavy atom. The van der Waals surface area contributed by atoms with Gasteiger partial charge in [-0.15, -0.1) is 5.10 Å². The molecule has 10 heteroatoms. The van der Waals surface area contributed by atoms with Crippen molar-refractivity contribution in [2.24, 2.45) is 0 Å². The summed E-state index contributed by atoms with van der Waals surface area (Å²) < 4.78 is 7.15. The molecule has 1 spiro atoms. The number of rotatable bonds is 6. The summed E-state index contributed by atoms with van der Waals surface area (Å²) in [4.78, 5) is 22.6. The van der Waals surface area contributed by atoms with Crippen molar-refractivity contribution < 1.29 is 9.53 Å². The highest BCUT2D eigenvalue weighted by molar-refractivity contribution is 5.93. The average Bonchev–Trinajstić information content (AvgIpc) is 3.64. The first kappa shape index (κ1) is 25.2. The molecule has 4 heterocycles. The van der Waals surface area contributed by atoms with E-state index in [1.165, 1.54) is 0 Å². The molecule has 2 fully saturated rings. The molecule has 0 radical (unpaired) electrons. The number of hydrogen-bond acceptors (Lipinski definition) is 8. The van der Waals surface area contributed by atoms with Crippen LogP contribution in [-0.2, 0) is 4.79 Å². The molecule has 5 aromatic rings. The van der Waals surface area contributed by atoms with Crippen molar-refractivity contribution in [2.45, 2.75) is 24.4 Å². The molecule has 1 atom stereocenters. The molecular weight excluding hydrogens is 516 g/mol. The van der Waals surface area contributed by atoms with Gasteiger partial charge in [0, 0.05) is 30.4 Å². The van der Waals surface area contributed by atoms with Gasteiger partial charge >= 0.3 is 0 Å². The maximum absolute atomic E-state index is 13.3. The number of amides is 1. The summed E-state index contributed by atoms with van der Waals surface area (Å²) in [5.74, 6) is 1.56. The minimum absolute atomic E-state index is 0.0926. The van der Waals surface area contributed by atoms with Crippen molar-refractivity contribution in [1.29, 1.82) is 0 Å². The molecule has 1 N–H and O–H groups in total. The third-order valence-electron chi connectivity index (χ3n) is 8.43. The number of ether oxygens (including phenoxy) is 1. The van der Waals surface area contributed by atoms with Gasteiger partial charge in [0.2, 0.25) is 5.91 Å². The average molecular weight is 547 g/mol. The summed E-state index contributed by atoms with van der Waals surface area (Å²) in [6.45, 7) is 1.89. The first-order valence-electron chi connectivity index (χ1n) is 13.8. The number of pyridine rings is 1. The Bertz CT molecular complexity index is 1670. The fourth-order valence-corrected chi connectivity index (χ4v) is 6.31. The summed E-state index contributed by atoms with van der Waals surface area (Å²) in [5.41, 5.74) is 3.29. The van der Waals surface area contributed by atoms with Crippen LogP contribution < -0.4 is 15.0 Å². The lowest BCUT2D eigenvalue weighted by Crippen LogP contribution is -2.57. The zero-order valence-electron chi connectivity index (χ0n) is 22.7. The number of tetrazole rings is 1. The fourth-order valence-electron chi connectivity index (χ4n) is 6.31. The van der Waals surface area contributed by atoms with Gasteiger partial charge in [-0.25, -0.2) is 0 Å². The minimum Gasteiger partial charge on any atom is -0.497 e.